The number of halogens is 1. The molecule has 178 valence electrons. The maximum absolute atomic E-state index is 13.2. The predicted octanol–water partition coefficient (Wildman–Crippen LogP) is 3.86. The van der Waals surface area contributed by atoms with Crippen LogP contribution in [0.5, 0.6) is 0 Å². The van der Waals surface area contributed by atoms with Crippen molar-refractivity contribution < 1.29 is 23.9 Å². The van der Waals surface area contributed by atoms with Gasteiger partial charge in [0.15, 0.2) is 12.4 Å². The highest BCUT2D eigenvalue weighted by Crippen LogP contribution is 2.42. The van der Waals surface area contributed by atoms with E-state index in [0.29, 0.717) is 29.0 Å². The maximum atomic E-state index is 13.2. The summed E-state index contributed by atoms with van der Waals surface area (Å²) in [6.07, 6.45) is 3.72. The quantitative estimate of drug-likeness (QED) is 0.478. The molecular weight excluding hydrogens is 456 g/mol. The largest absolute Gasteiger partial charge is 0.451 e. The molecule has 1 N–H and O–H groups in total. The summed E-state index contributed by atoms with van der Waals surface area (Å²) in [6, 6.07) is 15.9. The number of likely N-dealkylation sites (N-methyl/N-ethyl adjacent to an activating group) is 1. The van der Waals surface area contributed by atoms with Crippen LogP contribution in [0.4, 0.5) is 0 Å². The Morgan fingerprint density at radius 1 is 1.09 bits per heavy atom. The molecule has 0 saturated heterocycles. The number of ketones is 1. The third-order valence-electron chi connectivity index (χ3n) is 5.89. The lowest BCUT2D eigenvalue weighted by Gasteiger charge is -2.43. The van der Waals surface area contributed by atoms with E-state index in [4.69, 9.17) is 16.3 Å². The smallest absolute Gasteiger partial charge is 0.355 e. The van der Waals surface area contributed by atoms with Gasteiger partial charge in [-0.15, -0.1) is 0 Å². The summed E-state index contributed by atoms with van der Waals surface area (Å²) in [5, 5.41) is 2.84. The first-order valence-corrected chi connectivity index (χ1v) is 11.4. The summed E-state index contributed by atoms with van der Waals surface area (Å²) in [5.74, 6) is -1.96. The normalized spacial score (nSPS) is 18.2. The molecule has 1 fully saturated rings. The first kappa shape index (κ1) is 25.2. The van der Waals surface area contributed by atoms with Crippen LogP contribution in [-0.4, -0.2) is 42.1 Å². The van der Waals surface area contributed by atoms with Gasteiger partial charge in [-0.2, -0.15) is 0 Å². The molecule has 0 aromatic heterocycles. The molecule has 1 unspecified atom stereocenters. The molecule has 0 spiro atoms. The van der Waals surface area contributed by atoms with Gasteiger partial charge in [0.2, 0.25) is 5.91 Å². The SMILES string of the molecule is CC(=O)N/C(=C\c1ccccc1)C(=O)OCC(=O)N(C)C1(c2ccccc2Cl)CCCCC1=O. The zero-order valence-electron chi connectivity index (χ0n) is 19.2. The Labute approximate surface area is 203 Å². The summed E-state index contributed by atoms with van der Waals surface area (Å²) < 4.78 is 5.24. The Morgan fingerprint density at radius 2 is 1.76 bits per heavy atom. The molecule has 8 heteroatoms. The van der Waals surface area contributed by atoms with Crippen LogP contribution in [-0.2, 0) is 29.5 Å². The van der Waals surface area contributed by atoms with E-state index >= 15 is 0 Å². The van der Waals surface area contributed by atoms with Gasteiger partial charge in [-0.05, 0) is 37.0 Å². The summed E-state index contributed by atoms with van der Waals surface area (Å²) >= 11 is 6.43. The molecule has 1 saturated carbocycles. The Balaban J connectivity index is 1.81. The van der Waals surface area contributed by atoms with Gasteiger partial charge >= 0.3 is 5.97 Å². The van der Waals surface area contributed by atoms with Crippen LogP contribution in [0, 0.1) is 0 Å². The van der Waals surface area contributed by atoms with Crippen molar-refractivity contribution in [1.29, 1.82) is 0 Å². The monoisotopic (exact) mass is 482 g/mol. The Hall–Kier alpha value is -3.45. The zero-order valence-corrected chi connectivity index (χ0v) is 19.9. The highest BCUT2D eigenvalue weighted by Gasteiger charge is 2.48. The van der Waals surface area contributed by atoms with Crippen molar-refractivity contribution >= 4 is 41.2 Å². The van der Waals surface area contributed by atoms with E-state index < -0.39 is 29.9 Å². The van der Waals surface area contributed by atoms with Gasteiger partial charge in [0.05, 0.1) is 0 Å². The molecule has 2 aromatic rings. The fourth-order valence-corrected chi connectivity index (χ4v) is 4.49. The minimum Gasteiger partial charge on any atom is -0.451 e. The van der Waals surface area contributed by atoms with E-state index in [2.05, 4.69) is 5.32 Å². The van der Waals surface area contributed by atoms with E-state index in [1.165, 1.54) is 24.9 Å². The molecule has 0 bridgehead atoms. The number of carbonyl (C=O) groups is 4. The van der Waals surface area contributed by atoms with Crippen LogP contribution in [0.3, 0.4) is 0 Å². The molecule has 0 heterocycles. The van der Waals surface area contributed by atoms with Crippen LogP contribution >= 0.6 is 11.6 Å². The summed E-state index contributed by atoms with van der Waals surface area (Å²) in [4.78, 5) is 51.9. The van der Waals surface area contributed by atoms with Gasteiger partial charge in [0, 0.05) is 31.0 Å². The number of esters is 1. The lowest BCUT2D eigenvalue weighted by atomic mass is 9.74. The van der Waals surface area contributed by atoms with Crippen molar-refractivity contribution in [1.82, 2.24) is 10.2 Å². The number of ether oxygens (including phenoxy) is 1. The topological polar surface area (TPSA) is 92.8 Å². The average Bonchev–Trinajstić information content (AvgIpc) is 2.83. The molecule has 1 aliphatic carbocycles. The van der Waals surface area contributed by atoms with E-state index in [0.717, 1.165) is 12.8 Å². The highest BCUT2D eigenvalue weighted by atomic mass is 35.5. The Bertz CT molecular complexity index is 1120. The van der Waals surface area contributed by atoms with Gasteiger partial charge in [-0.3, -0.25) is 14.4 Å². The second-order valence-electron chi connectivity index (χ2n) is 8.15. The standard InChI is InChI=1S/C26H27ClN2O5/c1-18(30)28-22(16-19-10-4-3-5-11-19)25(33)34-17-24(32)29(2)26(15-9-8-14-23(26)31)20-12-6-7-13-21(20)27/h3-7,10-13,16H,8-9,14-15,17H2,1-2H3,(H,28,30)/b22-16-. The number of carbonyl (C=O) groups excluding carboxylic acids is 4. The molecule has 1 aliphatic rings. The number of nitrogens with one attached hydrogen (secondary N) is 1. The van der Waals surface area contributed by atoms with Gasteiger partial charge < -0.3 is 15.0 Å². The van der Waals surface area contributed by atoms with Crippen LogP contribution in [0.1, 0.15) is 43.7 Å². The first-order chi connectivity index (χ1) is 16.3. The summed E-state index contributed by atoms with van der Waals surface area (Å²) in [6.45, 7) is 0.674. The number of Topliss-reactive ketones (excluding diaryl/α,β-unsaturated/α-hetero) is 1. The van der Waals surface area contributed by atoms with E-state index in [1.54, 1.807) is 48.5 Å². The predicted molar refractivity (Wildman–Crippen MR) is 129 cm³/mol. The van der Waals surface area contributed by atoms with Crippen molar-refractivity contribution in [2.75, 3.05) is 13.7 Å². The van der Waals surface area contributed by atoms with Gasteiger partial charge in [-0.1, -0.05) is 60.1 Å². The lowest BCUT2D eigenvalue weighted by molar-refractivity contribution is -0.156. The van der Waals surface area contributed by atoms with Crippen LogP contribution in [0.2, 0.25) is 5.02 Å². The molecule has 2 aromatic carbocycles. The van der Waals surface area contributed by atoms with Gasteiger partial charge in [0.25, 0.3) is 5.91 Å². The summed E-state index contributed by atoms with van der Waals surface area (Å²) in [5.41, 5.74) is -0.0762. The fourth-order valence-electron chi connectivity index (χ4n) is 4.20. The zero-order chi connectivity index (χ0) is 24.7. The third-order valence-corrected chi connectivity index (χ3v) is 6.22. The second kappa shape index (κ2) is 11.1. The average molecular weight is 483 g/mol. The molecule has 1 atom stereocenters. The number of rotatable bonds is 7. The molecule has 0 radical (unpaired) electrons. The third kappa shape index (κ3) is 5.54. The van der Waals surface area contributed by atoms with Gasteiger partial charge in [-0.25, -0.2) is 4.79 Å². The van der Waals surface area contributed by atoms with Crippen LogP contribution < -0.4 is 5.32 Å². The van der Waals surface area contributed by atoms with Crippen molar-refractivity contribution in [3.8, 4) is 0 Å². The van der Waals surface area contributed by atoms with Crippen molar-refractivity contribution in [2.45, 2.75) is 38.1 Å². The highest BCUT2D eigenvalue weighted by molar-refractivity contribution is 6.31. The lowest BCUT2D eigenvalue weighted by Crippen LogP contribution is -2.55. The molecular formula is C26H27ClN2O5. The Kier molecular flexibility index (Phi) is 8.23. The summed E-state index contributed by atoms with van der Waals surface area (Å²) in [7, 11) is 1.53. The minimum atomic E-state index is -1.22. The van der Waals surface area contributed by atoms with Crippen LogP contribution in [0.15, 0.2) is 60.3 Å². The first-order valence-electron chi connectivity index (χ1n) is 11.0. The number of hydrogen-bond acceptors (Lipinski definition) is 5. The fraction of sp³-hybridized carbons (Fsp3) is 0.308. The van der Waals surface area contributed by atoms with Crippen molar-refractivity contribution in [3.05, 3.63) is 76.4 Å². The molecule has 7 nitrogen and oxygen atoms in total. The van der Waals surface area contributed by atoms with E-state index in [9.17, 15) is 19.2 Å². The number of benzene rings is 2. The van der Waals surface area contributed by atoms with Crippen molar-refractivity contribution in [3.63, 3.8) is 0 Å². The number of amides is 2. The maximum Gasteiger partial charge on any atom is 0.355 e. The minimum absolute atomic E-state index is 0.0938. The second-order valence-corrected chi connectivity index (χ2v) is 8.56. The van der Waals surface area contributed by atoms with E-state index in [-0.39, 0.29) is 11.5 Å². The van der Waals surface area contributed by atoms with E-state index in [1.807, 2.05) is 6.07 Å². The van der Waals surface area contributed by atoms with Gasteiger partial charge in [0.1, 0.15) is 11.2 Å². The molecule has 34 heavy (non-hydrogen) atoms. The Morgan fingerprint density at radius 3 is 2.41 bits per heavy atom. The number of hydrogen-bond donors (Lipinski definition) is 1. The molecule has 2 amide bonds. The van der Waals surface area contributed by atoms with Crippen LogP contribution in [0.25, 0.3) is 6.08 Å². The van der Waals surface area contributed by atoms with Crippen molar-refractivity contribution in [2.24, 2.45) is 0 Å². The molecule has 3 rings (SSSR count). The number of nitrogens with zero attached hydrogens (tertiary/aromatic N) is 1. The molecule has 0 aliphatic heterocycles.